The smallest absolute Gasteiger partial charge is 0.410 e. The van der Waals surface area contributed by atoms with Crippen molar-refractivity contribution in [1.29, 1.82) is 0 Å². The molecule has 1 aliphatic heterocycles. The Balaban J connectivity index is 0.00000256. The molecule has 4 nitrogen and oxygen atoms in total. The number of carbonyl (C=O) groups excluding carboxylic acids is 1. The lowest BCUT2D eigenvalue weighted by atomic mass is 10.1. The first-order valence-corrected chi connectivity index (χ1v) is 6.11. The molecule has 16 heavy (non-hydrogen) atoms. The van der Waals surface area contributed by atoms with Gasteiger partial charge in [-0.3, -0.25) is 0 Å². The first-order valence-electron chi connectivity index (χ1n) is 6.11. The van der Waals surface area contributed by atoms with Crippen molar-refractivity contribution in [3.05, 3.63) is 0 Å². The van der Waals surface area contributed by atoms with Gasteiger partial charge < -0.3 is 15.0 Å². The number of amides is 1. The molecule has 0 spiro atoms. The van der Waals surface area contributed by atoms with Crippen LogP contribution in [-0.2, 0) is 4.74 Å². The molecule has 1 fully saturated rings. The summed E-state index contributed by atoms with van der Waals surface area (Å²) in [5, 5.41) is 3.32. The molecule has 0 aromatic heterocycles. The van der Waals surface area contributed by atoms with E-state index in [1.165, 1.54) is 0 Å². The van der Waals surface area contributed by atoms with Crippen LogP contribution in [0.15, 0.2) is 0 Å². The summed E-state index contributed by atoms with van der Waals surface area (Å²) < 4.78 is 5.34. The second kappa shape index (κ2) is 5.53. The number of ether oxygens (including phenoxy) is 1. The van der Waals surface area contributed by atoms with Crippen molar-refractivity contribution < 1.29 is 11.0 Å². The van der Waals surface area contributed by atoms with Crippen LogP contribution in [0.5, 0.6) is 0 Å². The second-order valence-electron chi connectivity index (χ2n) is 5.39. The van der Waals surface area contributed by atoms with Gasteiger partial charge in [-0.05, 0) is 46.2 Å². The third-order valence-corrected chi connectivity index (χ3v) is 2.62. The highest BCUT2D eigenvalue weighted by molar-refractivity contribution is 5.68. The van der Waals surface area contributed by atoms with Gasteiger partial charge in [0, 0.05) is 14.5 Å². The Kier molecular flexibility index (Phi) is 4.59. The first kappa shape index (κ1) is 13.3. The molecule has 1 atom stereocenters. The molecule has 1 heterocycles. The number of rotatable bonds is 3. The van der Waals surface area contributed by atoms with E-state index in [0.717, 1.165) is 32.6 Å². The molecule has 0 saturated carbocycles. The fourth-order valence-electron chi connectivity index (χ4n) is 1.84. The fourth-order valence-corrected chi connectivity index (χ4v) is 1.84. The Morgan fingerprint density at radius 3 is 2.81 bits per heavy atom. The molecule has 0 aromatic carbocycles. The molecule has 1 aliphatic rings. The molecule has 0 radical (unpaired) electrons. The lowest BCUT2D eigenvalue weighted by molar-refractivity contribution is 0.0288. The molecule has 1 saturated heterocycles. The zero-order valence-corrected chi connectivity index (χ0v) is 10.9. The summed E-state index contributed by atoms with van der Waals surface area (Å²) in [6.07, 6.45) is 0.901. The van der Waals surface area contributed by atoms with Crippen LogP contribution in [0.3, 0.4) is 0 Å². The van der Waals surface area contributed by atoms with Crippen LogP contribution in [0.25, 0.3) is 0 Å². The highest BCUT2D eigenvalue weighted by atomic mass is 16.6. The highest BCUT2D eigenvalue weighted by Gasteiger charge is 2.29. The van der Waals surface area contributed by atoms with Crippen LogP contribution < -0.4 is 5.32 Å². The molecule has 0 aliphatic carbocycles. The third kappa shape index (κ3) is 4.39. The van der Waals surface area contributed by atoms with E-state index in [4.69, 9.17) is 4.74 Å². The van der Waals surface area contributed by atoms with Crippen molar-refractivity contribution >= 4 is 6.09 Å². The SMILES string of the molecule is CCNCC1CCN(C(=O)OC(C)(C)C)C1.[HH]. The molecule has 1 unspecified atom stereocenters. The molecular weight excluding hydrogens is 204 g/mol. The van der Waals surface area contributed by atoms with Crippen molar-refractivity contribution in [3.63, 3.8) is 0 Å². The second-order valence-corrected chi connectivity index (χ2v) is 5.39. The van der Waals surface area contributed by atoms with E-state index in [-0.39, 0.29) is 7.52 Å². The summed E-state index contributed by atoms with van der Waals surface area (Å²) in [5.41, 5.74) is -0.392. The molecule has 0 aromatic rings. The predicted molar refractivity (Wildman–Crippen MR) is 66.6 cm³/mol. The molecule has 1 N–H and O–H groups in total. The number of carbonyl (C=O) groups is 1. The minimum absolute atomic E-state index is 0. The number of likely N-dealkylation sites (tertiary alicyclic amines) is 1. The Morgan fingerprint density at radius 2 is 2.25 bits per heavy atom. The average Bonchev–Trinajstić information content (AvgIpc) is 2.60. The van der Waals surface area contributed by atoms with Crippen LogP contribution in [0.4, 0.5) is 4.79 Å². The van der Waals surface area contributed by atoms with Crippen molar-refractivity contribution in [1.82, 2.24) is 10.2 Å². The van der Waals surface area contributed by atoms with Gasteiger partial charge in [0.2, 0.25) is 0 Å². The van der Waals surface area contributed by atoms with Crippen LogP contribution in [0.1, 0.15) is 35.5 Å². The van der Waals surface area contributed by atoms with Gasteiger partial charge in [0.25, 0.3) is 0 Å². The van der Waals surface area contributed by atoms with Gasteiger partial charge in [-0.1, -0.05) is 6.92 Å². The molecule has 1 amide bonds. The van der Waals surface area contributed by atoms with Crippen molar-refractivity contribution in [2.24, 2.45) is 5.92 Å². The number of nitrogens with zero attached hydrogens (tertiary/aromatic N) is 1. The van der Waals surface area contributed by atoms with E-state index in [1.807, 2.05) is 25.7 Å². The van der Waals surface area contributed by atoms with Gasteiger partial charge in [-0.2, -0.15) is 0 Å². The van der Waals surface area contributed by atoms with Crippen molar-refractivity contribution in [2.75, 3.05) is 26.2 Å². The Morgan fingerprint density at radius 1 is 1.56 bits per heavy atom. The molecule has 0 bridgehead atoms. The van der Waals surface area contributed by atoms with Gasteiger partial charge in [0.05, 0.1) is 0 Å². The monoisotopic (exact) mass is 230 g/mol. The molecular formula is C12H26N2O2. The van der Waals surface area contributed by atoms with Gasteiger partial charge >= 0.3 is 6.09 Å². The van der Waals surface area contributed by atoms with Crippen LogP contribution in [0, 0.1) is 5.92 Å². The summed E-state index contributed by atoms with van der Waals surface area (Å²) in [5.74, 6) is 0.576. The lowest BCUT2D eigenvalue weighted by Crippen LogP contribution is -2.36. The Labute approximate surface area is 99.8 Å². The van der Waals surface area contributed by atoms with Crippen LogP contribution in [0.2, 0.25) is 0 Å². The zero-order valence-electron chi connectivity index (χ0n) is 10.9. The van der Waals surface area contributed by atoms with E-state index in [1.54, 1.807) is 0 Å². The standard InChI is InChI=1S/C12H24N2O2.H2/c1-5-13-8-10-6-7-14(9-10)11(15)16-12(2,3)4;/h10,13H,5-9H2,1-4H3;1H. The Hall–Kier alpha value is -0.770. The quantitative estimate of drug-likeness (QED) is 0.807. The third-order valence-electron chi connectivity index (χ3n) is 2.62. The average molecular weight is 230 g/mol. The first-order chi connectivity index (χ1) is 7.42. The Bertz CT molecular complexity index is 241. The normalized spacial score (nSPS) is 21.2. The summed E-state index contributed by atoms with van der Waals surface area (Å²) in [6.45, 7) is 11.4. The van der Waals surface area contributed by atoms with Gasteiger partial charge in [-0.25, -0.2) is 4.79 Å². The van der Waals surface area contributed by atoms with Crippen molar-refractivity contribution in [2.45, 2.75) is 39.7 Å². The zero-order chi connectivity index (χ0) is 12.2. The summed E-state index contributed by atoms with van der Waals surface area (Å²) >= 11 is 0. The minimum atomic E-state index is -0.392. The largest absolute Gasteiger partial charge is 0.444 e. The van der Waals surface area contributed by atoms with Crippen molar-refractivity contribution in [3.8, 4) is 0 Å². The summed E-state index contributed by atoms with van der Waals surface area (Å²) in [7, 11) is 0. The molecule has 1 rings (SSSR count). The number of nitrogens with one attached hydrogen (secondary N) is 1. The van der Waals surface area contributed by atoms with E-state index >= 15 is 0 Å². The van der Waals surface area contributed by atoms with Gasteiger partial charge in [0.1, 0.15) is 5.60 Å². The number of hydrogen-bond acceptors (Lipinski definition) is 3. The van der Waals surface area contributed by atoms with Gasteiger partial charge in [-0.15, -0.1) is 0 Å². The summed E-state index contributed by atoms with van der Waals surface area (Å²) in [6, 6.07) is 0. The van der Waals surface area contributed by atoms with Crippen LogP contribution >= 0.6 is 0 Å². The minimum Gasteiger partial charge on any atom is -0.444 e. The number of hydrogen-bond donors (Lipinski definition) is 1. The lowest BCUT2D eigenvalue weighted by Gasteiger charge is -2.24. The van der Waals surface area contributed by atoms with Gasteiger partial charge in [0.15, 0.2) is 0 Å². The molecule has 4 heteroatoms. The predicted octanol–water partition coefficient (Wildman–Crippen LogP) is 2.10. The van der Waals surface area contributed by atoms with E-state index in [9.17, 15) is 4.79 Å². The maximum atomic E-state index is 11.8. The maximum Gasteiger partial charge on any atom is 0.410 e. The topological polar surface area (TPSA) is 41.6 Å². The van der Waals surface area contributed by atoms with Crippen LogP contribution in [-0.4, -0.2) is 42.8 Å². The van der Waals surface area contributed by atoms with E-state index in [2.05, 4.69) is 12.2 Å². The van der Waals surface area contributed by atoms with E-state index < -0.39 is 5.60 Å². The van der Waals surface area contributed by atoms with E-state index in [0.29, 0.717) is 5.92 Å². The fraction of sp³-hybridized carbons (Fsp3) is 0.917. The molecule has 96 valence electrons. The maximum absolute atomic E-state index is 11.8. The summed E-state index contributed by atoms with van der Waals surface area (Å²) in [4.78, 5) is 13.6. The highest BCUT2D eigenvalue weighted by Crippen LogP contribution is 2.18.